The number of benzene rings is 2. The predicted octanol–water partition coefficient (Wildman–Crippen LogP) is 3.43. The van der Waals surface area contributed by atoms with Gasteiger partial charge in [-0.05, 0) is 43.2 Å². The van der Waals surface area contributed by atoms with Gasteiger partial charge in [0.1, 0.15) is 11.6 Å². The van der Waals surface area contributed by atoms with Gasteiger partial charge in [-0.3, -0.25) is 4.99 Å². The minimum absolute atomic E-state index is 0.186. The molecule has 0 saturated carbocycles. The van der Waals surface area contributed by atoms with Crippen LogP contribution in [0.25, 0.3) is 11.0 Å². The molecule has 0 aliphatic heterocycles. The Kier molecular flexibility index (Phi) is 7.19. The number of hydrogen-bond donors (Lipinski definition) is 2. The van der Waals surface area contributed by atoms with Crippen molar-refractivity contribution in [1.29, 1.82) is 0 Å². The lowest BCUT2D eigenvalue weighted by atomic mass is 10.1. The number of para-hydroxylation sites is 2. The molecule has 6 nitrogen and oxygen atoms in total. The summed E-state index contributed by atoms with van der Waals surface area (Å²) in [4.78, 5) is 8.87. The van der Waals surface area contributed by atoms with Crippen molar-refractivity contribution in [3.05, 3.63) is 65.7 Å². The molecule has 0 amide bonds. The van der Waals surface area contributed by atoms with Crippen LogP contribution in [0, 0.1) is 12.7 Å². The highest BCUT2D eigenvalue weighted by molar-refractivity contribution is 5.79. The fourth-order valence-electron chi connectivity index (χ4n) is 3.35. The number of rotatable bonds is 8. The molecule has 2 N–H and O–H groups in total. The molecule has 0 aliphatic carbocycles. The third-order valence-electron chi connectivity index (χ3n) is 4.90. The van der Waals surface area contributed by atoms with E-state index in [1.54, 1.807) is 26.3 Å². The molecule has 154 valence electrons. The molecule has 1 aromatic heterocycles. The fraction of sp³-hybridized carbons (Fsp3) is 0.364. The van der Waals surface area contributed by atoms with Crippen molar-refractivity contribution in [3.63, 3.8) is 0 Å². The van der Waals surface area contributed by atoms with Crippen molar-refractivity contribution in [1.82, 2.24) is 20.2 Å². The number of imidazole rings is 1. The zero-order valence-electron chi connectivity index (χ0n) is 17.2. The van der Waals surface area contributed by atoms with Crippen molar-refractivity contribution < 1.29 is 9.13 Å². The van der Waals surface area contributed by atoms with E-state index in [0.29, 0.717) is 12.5 Å². The molecule has 0 bridgehead atoms. The van der Waals surface area contributed by atoms with Crippen LogP contribution in [0.5, 0.6) is 0 Å². The van der Waals surface area contributed by atoms with Gasteiger partial charge in [-0.15, -0.1) is 0 Å². The molecule has 1 unspecified atom stereocenters. The number of ether oxygens (including phenoxy) is 1. The first-order valence-corrected chi connectivity index (χ1v) is 9.77. The van der Waals surface area contributed by atoms with E-state index in [0.717, 1.165) is 41.9 Å². The van der Waals surface area contributed by atoms with E-state index in [-0.39, 0.29) is 11.9 Å². The first-order valence-electron chi connectivity index (χ1n) is 9.77. The Morgan fingerprint density at radius 3 is 2.66 bits per heavy atom. The van der Waals surface area contributed by atoms with Crippen LogP contribution in [0.3, 0.4) is 0 Å². The predicted molar refractivity (Wildman–Crippen MR) is 115 cm³/mol. The first-order chi connectivity index (χ1) is 14.1. The summed E-state index contributed by atoms with van der Waals surface area (Å²) in [6.07, 6.45) is 0.752. The average molecular weight is 397 g/mol. The maximum Gasteiger partial charge on any atom is 0.191 e. The number of methoxy groups -OCH3 is 1. The van der Waals surface area contributed by atoms with Crippen LogP contribution in [-0.2, 0) is 11.3 Å². The molecule has 2 aromatic carbocycles. The molecule has 7 heteroatoms. The Hall–Kier alpha value is -2.93. The number of nitrogens with zero attached hydrogens (tertiary/aromatic N) is 3. The molecular formula is C22H28FN5O. The van der Waals surface area contributed by atoms with Gasteiger partial charge < -0.3 is 19.9 Å². The third-order valence-corrected chi connectivity index (χ3v) is 4.90. The molecule has 0 aliphatic rings. The molecule has 0 saturated heterocycles. The van der Waals surface area contributed by atoms with E-state index in [4.69, 9.17) is 4.74 Å². The minimum Gasteiger partial charge on any atom is -0.375 e. The number of guanidine groups is 1. The van der Waals surface area contributed by atoms with Gasteiger partial charge in [-0.25, -0.2) is 9.37 Å². The van der Waals surface area contributed by atoms with E-state index >= 15 is 0 Å². The molecule has 0 spiro atoms. The maximum atomic E-state index is 13.1. The molecule has 3 aromatic rings. The highest BCUT2D eigenvalue weighted by atomic mass is 19.1. The van der Waals surface area contributed by atoms with Gasteiger partial charge in [0.2, 0.25) is 0 Å². The summed E-state index contributed by atoms with van der Waals surface area (Å²) < 4.78 is 20.9. The molecule has 3 rings (SSSR count). The van der Waals surface area contributed by atoms with Gasteiger partial charge in [0, 0.05) is 33.8 Å². The lowest BCUT2D eigenvalue weighted by Gasteiger charge is -2.19. The molecule has 1 heterocycles. The summed E-state index contributed by atoms with van der Waals surface area (Å²) in [7, 11) is 3.38. The van der Waals surface area contributed by atoms with Crippen LogP contribution in [-0.4, -0.2) is 42.8 Å². The largest absolute Gasteiger partial charge is 0.375 e. The van der Waals surface area contributed by atoms with Crippen LogP contribution in [0.4, 0.5) is 4.39 Å². The number of hydrogen-bond acceptors (Lipinski definition) is 3. The lowest BCUT2D eigenvalue weighted by Crippen LogP contribution is -2.40. The van der Waals surface area contributed by atoms with Crippen molar-refractivity contribution in [2.45, 2.75) is 26.0 Å². The molecule has 0 fully saturated rings. The summed E-state index contributed by atoms with van der Waals surface area (Å²) in [5.74, 6) is 1.48. The number of aryl methyl sites for hydroxylation is 2. The van der Waals surface area contributed by atoms with Crippen LogP contribution in [0.1, 0.15) is 23.9 Å². The number of aromatic nitrogens is 2. The van der Waals surface area contributed by atoms with E-state index in [9.17, 15) is 4.39 Å². The van der Waals surface area contributed by atoms with E-state index in [1.807, 2.05) is 25.1 Å². The summed E-state index contributed by atoms with van der Waals surface area (Å²) in [6, 6.07) is 14.5. The second-order valence-electron chi connectivity index (χ2n) is 6.81. The summed E-state index contributed by atoms with van der Waals surface area (Å²) >= 11 is 0. The van der Waals surface area contributed by atoms with Gasteiger partial charge >= 0.3 is 0 Å². The Morgan fingerprint density at radius 2 is 1.93 bits per heavy atom. The zero-order valence-corrected chi connectivity index (χ0v) is 17.2. The standard InChI is InChI=1S/C22H28FN5O/c1-16-27-19-7-4-5-8-20(19)28(16)14-6-13-25-22(24-2)26-15-21(29-3)17-9-11-18(23)12-10-17/h4-5,7-12,21H,6,13-15H2,1-3H3,(H2,24,25,26). The van der Waals surface area contributed by atoms with E-state index in [2.05, 4.69) is 31.2 Å². The van der Waals surface area contributed by atoms with Gasteiger partial charge in [0.05, 0.1) is 17.1 Å². The Labute approximate surface area is 170 Å². The number of aliphatic imine (C=N–C) groups is 1. The topological polar surface area (TPSA) is 63.5 Å². The number of halogens is 1. The Bertz CT molecular complexity index is 951. The van der Waals surface area contributed by atoms with Crippen molar-refractivity contribution in [2.75, 3.05) is 27.2 Å². The maximum absolute atomic E-state index is 13.1. The first kappa shape index (κ1) is 20.8. The van der Waals surface area contributed by atoms with E-state index < -0.39 is 0 Å². The quantitative estimate of drug-likeness (QED) is 0.347. The molecular weight excluding hydrogens is 369 g/mol. The van der Waals surface area contributed by atoms with E-state index in [1.165, 1.54) is 12.1 Å². The lowest BCUT2D eigenvalue weighted by molar-refractivity contribution is 0.106. The summed E-state index contributed by atoms with van der Waals surface area (Å²) in [5, 5.41) is 6.60. The zero-order chi connectivity index (χ0) is 20.6. The SMILES string of the molecule is CN=C(NCCCn1c(C)nc2ccccc21)NCC(OC)c1ccc(F)cc1. The molecule has 1 atom stereocenters. The van der Waals surface area contributed by atoms with Gasteiger partial charge in [0.15, 0.2) is 5.96 Å². The van der Waals surface area contributed by atoms with Gasteiger partial charge in [-0.1, -0.05) is 24.3 Å². The number of fused-ring (bicyclic) bond motifs is 1. The highest BCUT2D eigenvalue weighted by Crippen LogP contribution is 2.17. The molecule has 29 heavy (non-hydrogen) atoms. The Balaban J connectivity index is 1.47. The van der Waals surface area contributed by atoms with Crippen LogP contribution in [0.2, 0.25) is 0 Å². The van der Waals surface area contributed by atoms with Crippen LogP contribution >= 0.6 is 0 Å². The summed E-state index contributed by atoms with van der Waals surface area (Å²) in [5.41, 5.74) is 3.11. The normalized spacial score (nSPS) is 12.9. The fourth-order valence-corrected chi connectivity index (χ4v) is 3.35. The monoisotopic (exact) mass is 397 g/mol. The summed E-state index contributed by atoms with van der Waals surface area (Å²) in [6.45, 7) is 4.23. The van der Waals surface area contributed by atoms with Gasteiger partial charge in [-0.2, -0.15) is 0 Å². The Morgan fingerprint density at radius 1 is 1.17 bits per heavy atom. The van der Waals surface area contributed by atoms with Gasteiger partial charge in [0.25, 0.3) is 0 Å². The second-order valence-corrected chi connectivity index (χ2v) is 6.81. The minimum atomic E-state index is -0.255. The smallest absolute Gasteiger partial charge is 0.191 e. The molecule has 0 radical (unpaired) electrons. The average Bonchev–Trinajstić information content (AvgIpc) is 3.06. The second kappa shape index (κ2) is 10.0. The highest BCUT2D eigenvalue weighted by Gasteiger charge is 2.11. The van der Waals surface area contributed by atoms with Crippen LogP contribution in [0.15, 0.2) is 53.5 Å². The third kappa shape index (κ3) is 5.32. The van der Waals surface area contributed by atoms with Crippen LogP contribution < -0.4 is 10.6 Å². The van der Waals surface area contributed by atoms with Crippen molar-refractivity contribution >= 4 is 17.0 Å². The van der Waals surface area contributed by atoms with Crippen molar-refractivity contribution in [3.8, 4) is 0 Å². The van der Waals surface area contributed by atoms with Crippen molar-refractivity contribution in [2.24, 2.45) is 4.99 Å². The number of nitrogens with one attached hydrogen (secondary N) is 2.